The smallest absolute Gasteiger partial charge is 0.0535 e. The Labute approximate surface area is 96.8 Å². The van der Waals surface area contributed by atoms with E-state index in [0.29, 0.717) is 5.92 Å². The van der Waals surface area contributed by atoms with E-state index in [-0.39, 0.29) is 5.54 Å². The van der Waals surface area contributed by atoms with Gasteiger partial charge in [0.05, 0.1) is 6.61 Å². The first kappa shape index (κ1) is 10.3. The van der Waals surface area contributed by atoms with Crippen molar-refractivity contribution in [1.82, 2.24) is 0 Å². The zero-order valence-corrected chi connectivity index (χ0v) is 9.61. The van der Waals surface area contributed by atoms with E-state index in [1.165, 1.54) is 30.4 Å². The maximum Gasteiger partial charge on any atom is 0.0535 e. The minimum atomic E-state index is 0.123. The van der Waals surface area contributed by atoms with Gasteiger partial charge in [0.25, 0.3) is 0 Å². The molecule has 1 saturated carbocycles. The third-order valence-electron chi connectivity index (χ3n) is 3.83. The van der Waals surface area contributed by atoms with Crippen molar-refractivity contribution >= 4 is 0 Å². The van der Waals surface area contributed by atoms with Gasteiger partial charge in [0.2, 0.25) is 0 Å². The second kappa shape index (κ2) is 3.86. The number of benzene rings is 1. The number of nitrogens with two attached hydrogens (primary N) is 1. The number of rotatable bonds is 3. The Bertz CT molecular complexity index is 361. The van der Waals surface area contributed by atoms with Crippen molar-refractivity contribution in [3.8, 4) is 0 Å². The fraction of sp³-hybridized carbons (Fsp3) is 0.571. The summed E-state index contributed by atoms with van der Waals surface area (Å²) in [5.74, 6) is 0.613. The van der Waals surface area contributed by atoms with Gasteiger partial charge in [0.1, 0.15) is 0 Å². The van der Waals surface area contributed by atoms with Crippen LogP contribution in [0.25, 0.3) is 0 Å². The van der Waals surface area contributed by atoms with Gasteiger partial charge in [-0.2, -0.15) is 0 Å². The largest absolute Gasteiger partial charge is 0.381 e. The Morgan fingerprint density at radius 1 is 1.25 bits per heavy atom. The molecule has 1 aromatic rings. The third-order valence-corrected chi connectivity index (χ3v) is 3.83. The number of hydrogen-bond donors (Lipinski definition) is 1. The molecule has 1 aliphatic heterocycles. The van der Waals surface area contributed by atoms with Crippen molar-refractivity contribution in [1.29, 1.82) is 0 Å². The normalized spacial score (nSPS) is 26.9. The van der Waals surface area contributed by atoms with Gasteiger partial charge in [-0.25, -0.2) is 0 Å². The molecular formula is C14H19NO. The highest BCUT2D eigenvalue weighted by Gasteiger charge is 2.37. The molecule has 1 aromatic carbocycles. The topological polar surface area (TPSA) is 35.2 Å². The van der Waals surface area contributed by atoms with Crippen LogP contribution in [0, 0.1) is 0 Å². The first-order valence-electron chi connectivity index (χ1n) is 6.21. The highest BCUT2D eigenvalue weighted by molar-refractivity contribution is 5.28. The minimum absolute atomic E-state index is 0.123. The van der Waals surface area contributed by atoms with E-state index >= 15 is 0 Å². The van der Waals surface area contributed by atoms with Crippen LogP contribution < -0.4 is 5.73 Å². The van der Waals surface area contributed by atoms with Crippen molar-refractivity contribution in [3.05, 3.63) is 35.4 Å². The van der Waals surface area contributed by atoms with Crippen molar-refractivity contribution in [2.24, 2.45) is 5.73 Å². The summed E-state index contributed by atoms with van der Waals surface area (Å²) in [6.07, 6.45) is 4.57. The number of hydrogen-bond acceptors (Lipinski definition) is 2. The molecule has 0 aromatic heterocycles. The molecule has 0 bridgehead atoms. The zero-order chi connectivity index (χ0) is 11.0. The highest BCUT2D eigenvalue weighted by atomic mass is 16.5. The third kappa shape index (κ3) is 2.13. The molecule has 0 amide bonds. The van der Waals surface area contributed by atoms with E-state index in [9.17, 15) is 0 Å². The Balaban J connectivity index is 1.69. The van der Waals surface area contributed by atoms with Crippen molar-refractivity contribution in [2.45, 2.75) is 37.1 Å². The quantitative estimate of drug-likeness (QED) is 0.842. The van der Waals surface area contributed by atoms with Gasteiger partial charge in [0.15, 0.2) is 0 Å². The maximum absolute atomic E-state index is 6.12. The van der Waals surface area contributed by atoms with E-state index in [1.807, 2.05) is 0 Å². The predicted molar refractivity (Wildman–Crippen MR) is 64.5 cm³/mol. The second-order valence-corrected chi connectivity index (χ2v) is 5.34. The van der Waals surface area contributed by atoms with Gasteiger partial charge in [-0.15, -0.1) is 0 Å². The van der Waals surface area contributed by atoms with E-state index in [1.54, 1.807) is 0 Å². The summed E-state index contributed by atoms with van der Waals surface area (Å²) in [5, 5.41) is 0. The second-order valence-electron chi connectivity index (χ2n) is 5.34. The van der Waals surface area contributed by atoms with Crippen molar-refractivity contribution in [2.75, 3.05) is 13.2 Å². The molecule has 2 fully saturated rings. The predicted octanol–water partition coefficient (Wildman–Crippen LogP) is 2.22. The average molecular weight is 217 g/mol. The molecular weight excluding hydrogens is 198 g/mol. The van der Waals surface area contributed by atoms with Crippen LogP contribution in [-0.2, 0) is 11.2 Å². The molecule has 1 aliphatic carbocycles. The fourth-order valence-electron chi connectivity index (χ4n) is 2.45. The molecule has 3 rings (SSSR count). The van der Waals surface area contributed by atoms with Crippen molar-refractivity contribution < 1.29 is 4.74 Å². The van der Waals surface area contributed by atoms with Crippen molar-refractivity contribution in [3.63, 3.8) is 0 Å². The Hall–Kier alpha value is -0.860. The van der Waals surface area contributed by atoms with E-state index in [0.717, 1.165) is 19.6 Å². The molecule has 2 N–H and O–H groups in total. The summed E-state index contributed by atoms with van der Waals surface area (Å²) in [6, 6.07) is 8.97. The average Bonchev–Trinajstić information content (AvgIpc) is 2.83. The molecule has 0 radical (unpaired) electrons. The Kier molecular flexibility index (Phi) is 2.49. The van der Waals surface area contributed by atoms with Gasteiger partial charge in [-0.05, 0) is 36.8 Å². The monoisotopic (exact) mass is 217 g/mol. The van der Waals surface area contributed by atoms with Crippen LogP contribution in [-0.4, -0.2) is 18.8 Å². The molecule has 86 valence electrons. The van der Waals surface area contributed by atoms with Gasteiger partial charge in [-0.3, -0.25) is 0 Å². The molecule has 1 atom stereocenters. The summed E-state index contributed by atoms with van der Waals surface area (Å²) >= 11 is 0. The Morgan fingerprint density at radius 3 is 2.56 bits per heavy atom. The molecule has 0 spiro atoms. The summed E-state index contributed by atoms with van der Waals surface area (Å²) < 4.78 is 5.41. The molecule has 2 nitrogen and oxygen atoms in total. The number of ether oxygens (including phenoxy) is 1. The van der Waals surface area contributed by atoms with E-state index < -0.39 is 0 Å². The van der Waals surface area contributed by atoms with Crippen LogP contribution >= 0.6 is 0 Å². The molecule has 16 heavy (non-hydrogen) atoms. The Morgan fingerprint density at radius 2 is 2.00 bits per heavy atom. The fourth-order valence-corrected chi connectivity index (χ4v) is 2.45. The zero-order valence-electron chi connectivity index (χ0n) is 9.61. The first-order valence-corrected chi connectivity index (χ1v) is 6.21. The maximum atomic E-state index is 6.12. The van der Waals surface area contributed by atoms with Gasteiger partial charge in [-0.1, -0.05) is 24.3 Å². The van der Waals surface area contributed by atoms with Gasteiger partial charge >= 0.3 is 0 Å². The molecule has 1 saturated heterocycles. The standard InChI is InChI=1S/C14H19NO/c15-14(6-7-14)9-11-1-3-12(4-2-11)13-5-8-16-10-13/h1-4,13H,5-10,15H2. The van der Waals surface area contributed by atoms with Gasteiger partial charge < -0.3 is 10.5 Å². The summed E-state index contributed by atoms with van der Waals surface area (Å²) in [6.45, 7) is 1.80. The van der Waals surface area contributed by atoms with Crippen LogP contribution in [0.1, 0.15) is 36.3 Å². The van der Waals surface area contributed by atoms with Crippen LogP contribution in [0.5, 0.6) is 0 Å². The first-order chi connectivity index (χ1) is 7.75. The molecule has 2 heteroatoms. The summed E-state index contributed by atoms with van der Waals surface area (Å²) in [5.41, 5.74) is 9.04. The SMILES string of the molecule is NC1(Cc2ccc(C3CCOC3)cc2)CC1. The molecule has 1 unspecified atom stereocenters. The lowest BCUT2D eigenvalue weighted by molar-refractivity contribution is 0.194. The molecule has 2 aliphatic rings. The summed E-state index contributed by atoms with van der Waals surface area (Å²) in [7, 11) is 0. The lowest BCUT2D eigenvalue weighted by Gasteiger charge is -2.11. The van der Waals surface area contributed by atoms with Gasteiger partial charge in [0, 0.05) is 18.1 Å². The lowest BCUT2D eigenvalue weighted by Crippen LogP contribution is -2.24. The summed E-state index contributed by atoms with van der Waals surface area (Å²) in [4.78, 5) is 0. The minimum Gasteiger partial charge on any atom is -0.381 e. The highest BCUT2D eigenvalue weighted by Crippen LogP contribution is 2.36. The lowest BCUT2D eigenvalue weighted by atomic mass is 9.96. The van der Waals surface area contributed by atoms with Crippen LogP contribution in [0.4, 0.5) is 0 Å². The van der Waals surface area contributed by atoms with E-state index in [2.05, 4.69) is 24.3 Å². The van der Waals surface area contributed by atoms with Crippen LogP contribution in [0.2, 0.25) is 0 Å². The van der Waals surface area contributed by atoms with E-state index in [4.69, 9.17) is 10.5 Å². The van der Waals surface area contributed by atoms with Crippen LogP contribution in [0.15, 0.2) is 24.3 Å². The van der Waals surface area contributed by atoms with Crippen LogP contribution in [0.3, 0.4) is 0 Å². The molecule has 1 heterocycles.